The largest absolute Gasteiger partial charge is 0.482 e. The summed E-state index contributed by atoms with van der Waals surface area (Å²) in [5.41, 5.74) is 0.998. The molecule has 1 amide bonds. The van der Waals surface area contributed by atoms with E-state index in [0.717, 1.165) is 0 Å². The number of carbonyl (C=O) groups is 3. The van der Waals surface area contributed by atoms with Crippen molar-refractivity contribution in [2.45, 2.75) is 13.0 Å². The van der Waals surface area contributed by atoms with Gasteiger partial charge in [0.1, 0.15) is 12.0 Å². The van der Waals surface area contributed by atoms with Crippen LogP contribution in [0.2, 0.25) is 0 Å². The summed E-state index contributed by atoms with van der Waals surface area (Å²) in [6.07, 6.45) is -0.303. The zero-order valence-corrected chi connectivity index (χ0v) is 14.5. The molecule has 2 aromatic carbocycles. The maximum atomic E-state index is 12.2. The molecule has 0 saturated heterocycles. The molecule has 0 unspecified atom stereocenters. The summed E-state index contributed by atoms with van der Waals surface area (Å²) >= 11 is 0. The maximum Gasteiger partial charge on any atom is 0.344 e. The minimum atomic E-state index is -1.01. The Labute approximate surface area is 155 Å². The second kappa shape index (κ2) is 8.22. The van der Waals surface area contributed by atoms with Crippen molar-refractivity contribution in [3.8, 4) is 17.2 Å². The summed E-state index contributed by atoms with van der Waals surface area (Å²) < 4.78 is 20.8. The molecular weight excluding hydrogens is 354 g/mol. The summed E-state index contributed by atoms with van der Waals surface area (Å²) in [5.74, 6) is 0.368. The first-order valence-corrected chi connectivity index (χ1v) is 8.13. The lowest BCUT2D eigenvalue weighted by Crippen LogP contribution is -2.31. The zero-order chi connectivity index (χ0) is 19.2. The van der Waals surface area contributed by atoms with Gasteiger partial charge in [-0.15, -0.1) is 0 Å². The third kappa shape index (κ3) is 4.75. The molecular formula is C19H17NO7. The van der Waals surface area contributed by atoms with Crippen LogP contribution in [0.15, 0.2) is 42.5 Å². The molecule has 2 aromatic rings. The lowest BCUT2D eigenvalue weighted by Gasteiger charge is -2.14. The fourth-order valence-corrected chi connectivity index (χ4v) is 2.29. The third-order valence-electron chi connectivity index (χ3n) is 3.69. The van der Waals surface area contributed by atoms with Crippen molar-refractivity contribution < 1.29 is 33.3 Å². The number of ether oxygens (including phenoxy) is 4. The normalized spacial score (nSPS) is 12.8. The smallest absolute Gasteiger partial charge is 0.344 e. The van der Waals surface area contributed by atoms with E-state index in [0.29, 0.717) is 34.8 Å². The molecule has 1 atom stereocenters. The van der Waals surface area contributed by atoms with Crippen LogP contribution in [-0.2, 0) is 14.3 Å². The number of nitrogens with one attached hydrogen (secondary N) is 1. The number of hydrogen-bond donors (Lipinski definition) is 1. The first kappa shape index (κ1) is 18.2. The fourth-order valence-electron chi connectivity index (χ4n) is 2.29. The first-order chi connectivity index (χ1) is 13.0. The van der Waals surface area contributed by atoms with E-state index in [4.69, 9.17) is 18.9 Å². The van der Waals surface area contributed by atoms with Gasteiger partial charge in [-0.2, -0.15) is 0 Å². The minimum absolute atomic E-state index is 0.138. The lowest BCUT2D eigenvalue weighted by atomic mass is 10.2. The van der Waals surface area contributed by atoms with Gasteiger partial charge in [0.25, 0.3) is 5.91 Å². The Morgan fingerprint density at radius 3 is 2.63 bits per heavy atom. The van der Waals surface area contributed by atoms with Crippen LogP contribution >= 0.6 is 0 Å². The van der Waals surface area contributed by atoms with Gasteiger partial charge in [-0.25, -0.2) is 4.79 Å². The van der Waals surface area contributed by atoms with Crippen LogP contribution in [0, 0.1) is 0 Å². The van der Waals surface area contributed by atoms with Crippen molar-refractivity contribution in [1.82, 2.24) is 0 Å². The van der Waals surface area contributed by atoms with Crippen LogP contribution in [0.25, 0.3) is 0 Å². The molecule has 0 aromatic heterocycles. The molecule has 140 valence electrons. The molecule has 0 saturated carbocycles. The van der Waals surface area contributed by atoms with Crippen LogP contribution in [0.4, 0.5) is 5.69 Å². The molecule has 8 heteroatoms. The number of benzene rings is 2. The standard InChI is InChI=1S/C19H17NO7/c1-12(19(23)20-14-4-7-16-17(8-14)26-11-25-16)27-18(22)10-24-15-5-2-13(9-21)3-6-15/h2-9,12H,10-11H2,1H3,(H,20,23)/t12-/m1/s1. The highest BCUT2D eigenvalue weighted by molar-refractivity contribution is 5.95. The Morgan fingerprint density at radius 1 is 1.15 bits per heavy atom. The molecule has 0 fully saturated rings. The van der Waals surface area contributed by atoms with Gasteiger partial charge < -0.3 is 24.3 Å². The van der Waals surface area contributed by atoms with Gasteiger partial charge in [0.15, 0.2) is 24.2 Å². The van der Waals surface area contributed by atoms with Gasteiger partial charge >= 0.3 is 5.97 Å². The van der Waals surface area contributed by atoms with Crippen molar-refractivity contribution in [1.29, 1.82) is 0 Å². The van der Waals surface area contributed by atoms with E-state index in [1.807, 2.05) is 0 Å². The first-order valence-electron chi connectivity index (χ1n) is 8.13. The Hall–Kier alpha value is -3.55. The fraction of sp³-hybridized carbons (Fsp3) is 0.211. The Kier molecular flexibility index (Phi) is 5.55. The number of esters is 1. The Morgan fingerprint density at radius 2 is 1.89 bits per heavy atom. The average molecular weight is 371 g/mol. The SMILES string of the molecule is C[C@@H](OC(=O)COc1ccc(C=O)cc1)C(=O)Nc1ccc2c(c1)OCO2. The van der Waals surface area contributed by atoms with Gasteiger partial charge in [-0.05, 0) is 43.3 Å². The van der Waals surface area contributed by atoms with E-state index in [9.17, 15) is 14.4 Å². The number of anilines is 1. The molecule has 3 rings (SSSR count). The number of amides is 1. The Bertz CT molecular complexity index is 848. The highest BCUT2D eigenvalue weighted by Crippen LogP contribution is 2.34. The summed E-state index contributed by atoms with van der Waals surface area (Å²) in [6.45, 7) is 1.24. The van der Waals surface area contributed by atoms with Crippen molar-refractivity contribution in [3.05, 3.63) is 48.0 Å². The van der Waals surface area contributed by atoms with Crippen molar-refractivity contribution in [2.75, 3.05) is 18.7 Å². The van der Waals surface area contributed by atoms with E-state index in [1.54, 1.807) is 42.5 Å². The lowest BCUT2D eigenvalue weighted by molar-refractivity contribution is -0.155. The molecule has 1 aliphatic heterocycles. The van der Waals surface area contributed by atoms with Gasteiger partial charge in [-0.1, -0.05) is 0 Å². The molecule has 8 nitrogen and oxygen atoms in total. The summed E-state index contributed by atoms with van der Waals surface area (Å²) in [5, 5.41) is 2.64. The average Bonchev–Trinajstić information content (AvgIpc) is 3.14. The van der Waals surface area contributed by atoms with Crippen LogP contribution in [0.3, 0.4) is 0 Å². The van der Waals surface area contributed by atoms with E-state index in [2.05, 4.69) is 5.32 Å². The number of aldehydes is 1. The number of carbonyl (C=O) groups excluding carboxylic acids is 3. The topological polar surface area (TPSA) is 100 Å². The summed E-state index contributed by atoms with van der Waals surface area (Å²) in [7, 11) is 0. The number of fused-ring (bicyclic) bond motifs is 1. The molecule has 0 radical (unpaired) electrons. The third-order valence-corrected chi connectivity index (χ3v) is 3.69. The maximum absolute atomic E-state index is 12.2. The highest BCUT2D eigenvalue weighted by Gasteiger charge is 2.20. The molecule has 27 heavy (non-hydrogen) atoms. The second-order valence-electron chi connectivity index (χ2n) is 5.66. The molecule has 1 aliphatic rings. The van der Waals surface area contributed by atoms with Crippen molar-refractivity contribution >= 4 is 23.9 Å². The Balaban J connectivity index is 1.46. The van der Waals surface area contributed by atoms with E-state index >= 15 is 0 Å². The van der Waals surface area contributed by atoms with Crippen LogP contribution < -0.4 is 19.5 Å². The van der Waals surface area contributed by atoms with Gasteiger partial charge in [0.05, 0.1) is 0 Å². The van der Waals surface area contributed by atoms with Crippen LogP contribution in [0.5, 0.6) is 17.2 Å². The molecule has 1 heterocycles. The predicted octanol–water partition coefficient (Wildman–Crippen LogP) is 2.18. The minimum Gasteiger partial charge on any atom is -0.482 e. The second-order valence-corrected chi connectivity index (χ2v) is 5.66. The van der Waals surface area contributed by atoms with Crippen molar-refractivity contribution in [3.63, 3.8) is 0 Å². The van der Waals surface area contributed by atoms with Crippen LogP contribution in [0.1, 0.15) is 17.3 Å². The summed E-state index contributed by atoms with van der Waals surface area (Å²) in [4.78, 5) is 34.6. The van der Waals surface area contributed by atoms with Crippen LogP contribution in [-0.4, -0.2) is 37.7 Å². The predicted molar refractivity (Wildman–Crippen MR) is 94.1 cm³/mol. The summed E-state index contributed by atoms with van der Waals surface area (Å²) in [6, 6.07) is 11.2. The number of rotatable bonds is 7. The van der Waals surface area contributed by atoms with Gasteiger partial charge in [-0.3, -0.25) is 9.59 Å². The van der Waals surface area contributed by atoms with E-state index < -0.39 is 18.0 Å². The van der Waals surface area contributed by atoms with E-state index in [-0.39, 0.29) is 13.4 Å². The molecule has 0 bridgehead atoms. The quantitative estimate of drug-likeness (QED) is 0.588. The molecule has 0 spiro atoms. The highest BCUT2D eigenvalue weighted by atomic mass is 16.7. The van der Waals surface area contributed by atoms with Crippen molar-refractivity contribution in [2.24, 2.45) is 0 Å². The van der Waals surface area contributed by atoms with E-state index in [1.165, 1.54) is 6.92 Å². The van der Waals surface area contributed by atoms with Gasteiger partial charge in [0, 0.05) is 17.3 Å². The molecule has 1 N–H and O–H groups in total. The van der Waals surface area contributed by atoms with Gasteiger partial charge in [0.2, 0.25) is 6.79 Å². The zero-order valence-electron chi connectivity index (χ0n) is 14.5. The molecule has 0 aliphatic carbocycles. The number of hydrogen-bond acceptors (Lipinski definition) is 7. The monoisotopic (exact) mass is 371 g/mol.